The lowest BCUT2D eigenvalue weighted by Crippen LogP contribution is -2.51. The Hall–Kier alpha value is -0.120. The molecule has 1 heterocycles. The van der Waals surface area contributed by atoms with E-state index in [1.807, 2.05) is 0 Å². The van der Waals surface area contributed by atoms with E-state index in [1.54, 1.807) is 7.11 Å². The molecule has 0 aromatic carbocycles. The minimum atomic E-state index is 0.501. The predicted octanol–water partition coefficient (Wildman–Crippen LogP) is 1.47. The maximum atomic E-state index is 5.86. The van der Waals surface area contributed by atoms with E-state index in [1.165, 1.54) is 25.8 Å². The minimum absolute atomic E-state index is 0.501. The largest absolute Gasteiger partial charge is 0.383 e. The van der Waals surface area contributed by atoms with Crippen LogP contribution in [0.3, 0.4) is 0 Å². The second-order valence-electron chi connectivity index (χ2n) is 4.73. The van der Waals surface area contributed by atoms with Crippen molar-refractivity contribution in [3.05, 3.63) is 0 Å². The molecule has 3 unspecified atom stereocenters. The van der Waals surface area contributed by atoms with E-state index in [0.29, 0.717) is 12.1 Å². The molecule has 2 N–H and O–H groups in total. The Kier molecular flexibility index (Phi) is 5.58. The zero-order valence-electron chi connectivity index (χ0n) is 10.4. The van der Waals surface area contributed by atoms with Crippen LogP contribution in [0.2, 0.25) is 0 Å². The maximum absolute atomic E-state index is 5.86. The normalized spacial score (nSPS) is 30.4. The van der Waals surface area contributed by atoms with Crippen molar-refractivity contribution >= 4 is 0 Å². The second kappa shape index (κ2) is 6.46. The van der Waals surface area contributed by atoms with Crippen LogP contribution >= 0.6 is 0 Å². The molecule has 0 spiro atoms. The number of hydrogen-bond donors (Lipinski definition) is 1. The number of ether oxygens (including phenoxy) is 1. The Bertz CT molecular complexity index is 175. The zero-order chi connectivity index (χ0) is 11.3. The third-order valence-corrected chi connectivity index (χ3v) is 3.69. The summed E-state index contributed by atoms with van der Waals surface area (Å²) in [4.78, 5) is 2.52. The van der Waals surface area contributed by atoms with Gasteiger partial charge in [0.2, 0.25) is 0 Å². The second-order valence-corrected chi connectivity index (χ2v) is 4.73. The lowest BCUT2D eigenvalue weighted by molar-refractivity contribution is 0.0351. The molecule has 0 saturated carbocycles. The first-order chi connectivity index (χ1) is 7.22. The van der Waals surface area contributed by atoms with Crippen molar-refractivity contribution in [3.63, 3.8) is 0 Å². The number of hydrogen-bond acceptors (Lipinski definition) is 3. The Morgan fingerprint density at radius 2 is 2.27 bits per heavy atom. The van der Waals surface area contributed by atoms with Gasteiger partial charge < -0.3 is 10.5 Å². The van der Waals surface area contributed by atoms with Crippen LogP contribution in [0.1, 0.15) is 33.1 Å². The highest BCUT2D eigenvalue weighted by Gasteiger charge is 2.29. The smallest absolute Gasteiger partial charge is 0.0615 e. The monoisotopic (exact) mass is 214 g/mol. The van der Waals surface area contributed by atoms with Gasteiger partial charge in [0.25, 0.3) is 0 Å². The first-order valence-corrected chi connectivity index (χ1v) is 6.17. The third kappa shape index (κ3) is 3.44. The third-order valence-electron chi connectivity index (χ3n) is 3.69. The number of nitrogens with zero attached hydrogens (tertiary/aromatic N) is 1. The SMILES string of the molecule is CCC1CCN(C(C)COC)C(CN)C1. The molecule has 1 aliphatic rings. The Morgan fingerprint density at radius 1 is 1.53 bits per heavy atom. The van der Waals surface area contributed by atoms with Gasteiger partial charge in [-0.25, -0.2) is 0 Å². The highest BCUT2D eigenvalue weighted by Crippen LogP contribution is 2.26. The summed E-state index contributed by atoms with van der Waals surface area (Å²) in [7, 11) is 1.77. The number of rotatable bonds is 5. The van der Waals surface area contributed by atoms with Gasteiger partial charge in [-0.3, -0.25) is 4.90 Å². The summed E-state index contributed by atoms with van der Waals surface area (Å²) < 4.78 is 5.22. The predicted molar refractivity (Wildman–Crippen MR) is 63.9 cm³/mol. The van der Waals surface area contributed by atoms with Crippen LogP contribution < -0.4 is 5.73 Å². The van der Waals surface area contributed by atoms with Gasteiger partial charge in [0, 0.05) is 25.7 Å². The zero-order valence-corrected chi connectivity index (χ0v) is 10.4. The standard InChI is InChI=1S/C12H26N2O/c1-4-11-5-6-14(10(2)9-15-3)12(7-11)8-13/h10-12H,4-9,13H2,1-3H3. The van der Waals surface area contributed by atoms with E-state index in [0.717, 1.165) is 19.1 Å². The molecule has 1 saturated heterocycles. The molecule has 1 fully saturated rings. The van der Waals surface area contributed by atoms with Gasteiger partial charge in [0.15, 0.2) is 0 Å². The molecule has 0 aliphatic carbocycles. The molecular formula is C12H26N2O. The van der Waals surface area contributed by atoms with Crippen molar-refractivity contribution in [3.8, 4) is 0 Å². The number of piperidine rings is 1. The molecule has 0 amide bonds. The molecule has 90 valence electrons. The van der Waals surface area contributed by atoms with Crippen molar-refractivity contribution < 1.29 is 4.74 Å². The summed E-state index contributed by atoms with van der Waals surface area (Å²) in [5.41, 5.74) is 5.86. The van der Waals surface area contributed by atoms with Gasteiger partial charge in [0.1, 0.15) is 0 Å². The van der Waals surface area contributed by atoms with Crippen molar-refractivity contribution in [2.45, 2.75) is 45.2 Å². The lowest BCUT2D eigenvalue weighted by atomic mass is 9.88. The fraction of sp³-hybridized carbons (Fsp3) is 1.00. The summed E-state index contributed by atoms with van der Waals surface area (Å²) >= 11 is 0. The average molecular weight is 214 g/mol. The van der Waals surface area contributed by atoms with Crippen LogP contribution in [0.15, 0.2) is 0 Å². The van der Waals surface area contributed by atoms with E-state index in [2.05, 4.69) is 18.7 Å². The summed E-state index contributed by atoms with van der Waals surface area (Å²) in [6.45, 7) is 7.30. The molecule has 0 bridgehead atoms. The fourth-order valence-corrected chi connectivity index (χ4v) is 2.67. The van der Waals surface area contributed by atoms with Crippen LogP contribution in [0.5, 0.6) is 0 Å². The van der Waals surface area contributed by atoms with Crippen LogP contribution in [-0.2, 0) is 4.74 Å². The highest BCUT2D eigenvalue weighted by atomic mass is 16.5. The molecule has 1 rings (SSSR count). The molecule has 3 heteroatoms. The topological polar surface area (TPSA) is 38.5 Å². The first-order valence-electron chi connectivity index (χ1n) is 6.17. The lowest BCUT2D eigenvalue weighted by Gasteiger charge is -2.42. The van der Waals surface area contributed by atoms with E-state index >= 15 is 0 Å². The number of likely N-dealkylation sites (tertiary alicyclic amines) is 1. The first kappa shape index (κ1) is 12.9. The van der Waals surface area contributed by atoms with Crippen molar-refractivity contribution in [1.82, 2.24) is 4.90 Å². The number of methoxy groups -OCH3 is 1. The summed E-state index contributed by atoms with van der Waals surface area (Å²) in [5.74, 6) is 0.879. The van der Waals surface area contributed by atoms with Gasteiger partial charge in [-0.15, -0.1) is 0 Å². The Labute approximate surface area is 94.0 Å². The van der Waals surface area contributed by atoms with Crippen molar-refractivity contribution in [2.24, 2.45) is 11.7 Å². The highest BCUT2D eigenvalue weighted by molar-refractivity contribution is 4.84. The molecule has 0 radical (unpaired) electrons. The van der Waals surface area contributed by atoms with E-state index in [9.17, 15) is 0 Å². The molecule has 0 aromatic heterocycles. The van der Waals surface area contributed by atoms with Crippen molar-refractivity contribution in [2.75, 3.05) is 26.8 Å². The molecule has 1 aliphatic heterocycles. The van der Waals surface area contributed by atoms with Crippen LogP contribution in [0.25, 0.3) is 0 Å². The fourth-order valence-electron chi connectivity index (χ4n) is 2.67. The van der Waals surface area contributed by atoms with Crippen LogP contribution in [-0.4, -0.2) is 43.8 Å². The molecule has 0 aromatic rings. The molecule has 3 nitrogen and oxygen atoms in total. The quantitative estimate of drug-likeness (QED) is 0.753. The van der Waals surface area contributed by atoms with Gasteiger partial charge >= 0.3 is 0 Å². The van der Waals surface area contributed by atoms with Crippen LogP contribution in [0.4, 0.5) is 0 Å². The van der Waals surface area contributed by atoms with Gasteiger partial charge in [-0.05, 0) is 32.2 Å². The summed E-state index contributed by atoms with van der Waals surface area (Å²) in [6, 6.07) is 1.07. The minimum Gasteiger partial charge on any atom is -0.383 e. The Morgan fingerprint density at radius 3 is 2.80 bits per heavy atom. The van der Waals surface area contributed by atoms with Gasteiger partial charge in [-0.2, -0.15) is 0 Å². The molecule has 15 heavy (non-hydrogen) atoms. The summed E-state index contributed by atoms with van der Waals surface area (Å²) in [5, 5.41) is 0. The van der Waals surface area contributed by atoms with Gasteiger partial charge in [-0.1, -0.05) is 13.3 Å². The Balaban J connectivity index is 2.49. The number of nitrogens with two attached hydrogens (primary N) is 1. The van der Waals surface area contributed by atoms with E-state index in [4.69, 9.17) is 10.5 Å². The van der Waals surface area contributed by atoms with Crippen molar-refractivity contribution in [1.29, 1.82) is 0 Å². The summed E-state index contributed by atoms with van der Waals surface area (Å²) in [6.07, 6.45) is 3.88. The maximum Gasteiger partial charge on any atom is 0.0615 e. The molecule has 3 atom stereocenters. The van der Waals surface area contributed by atoms with E-state index < -0.39 is 0 Å². The van der Waals surface area contributed by atoms with Gasteiger partial charge in [0.05, 0.1) is 6.61 Å². The van der Waals surface area contributed by atoms with E-state index in [-0.39, 0.29) is 0 Å². The molecular weight excluding hydrogens is 188 g/mol. The average Bonchev–Trinajstić information content (AvgIpc) is 2.28. The van der Waals surface area contributed by atoms with Crippen LogP contribution in [0, 0.1) is 5.92 Å².